The van der Waals surface area contributed by atoms with Gasteiger partial charge >= 0.3 is 6.03 Å². The molecule has 7 heteroatoms. The highest BCUT2D eigenvalue weighted by atomic mass is 16.5. The van der Waals surface area contributed by atoms with Crippen molar-refractivity contribution in [3.63, 3.8) is 0 Å². The summed E-state index contributed by atoms with van der Waals surface area (Å²) in [4.78, 5) is 14.6. The molecule has 2 heterocycles. The summed E-state index contributed by atoms with van der Waals surface area (Å²) in [6, 6.07) is 1.87. The molecule has 24 heavy (non-hydrogen) atoms. The first-order valence-electron chi connectivity index (χ1n) is 9.05. The molecule has 1 aromatic rings. The van der Waals surface area contributed by atoms with Crippen molar-refractivity contribution in [1.29, 1.82) is 0 Å². The van der Waals surface area contributed by atoms with Crippen molar-refractivity contribution in [3.8, 4) is 0 Å². The normalized spacial score (nSPS) is 22.1. The molecule has 0 unspecified atom stereocenters. The Morgan fingerprint density at radius 1 is 1.38 bits per heavy atom. The molecule has 1 saturated carbocycles. The highest BCUT2D eigenvalue weighted by Gasteiger charge is 2.27. The van der Waals surface area contributed by atoms with Gasteiger partial charge in [-0.25, -0.2) is 4.79 Å². The van der Waals surface area contributed by atoms with Crippen LogP contribution in [0.5, 0.6) is 0 Å². The second kappa shape index (κ2) is 8.48. The number of aromatic nitrogens is 2. The van der Waals surface area contributed by atoms with Crippen LogP contribution in [0.25, 0.3) is 0 Å². The van der Waals surface area contributed by atoms with Crippen LogP contribution < -0.4 is 10.6 Å². The minimum atomic E-state index is -0.167. The van der Waals surface area contributed by atoms with Crippen molar-refractivity contribution in [2.75, 3.05) is 38.7 Å². The number of nitrogens with one attached hydrogen (secondary N) is 2. The molecule has 0 radical (unpaired) electrons. The number of urea groups is 1. The Morgan fingerprint density at radius 3 is 3.00 bits per heavy atom. The van der Waals surface area contributed by atoms with E-state index in [9.17, 15) is 4.79 Å². The van der Waals surface area contributed by atoms with Crippen LogP contribution in [-0.4, -0.2) is 60.1 Å². The summed E-state index contributed by atoms with van der Waals surface area (Å²) in [6.07, 6.45) is 8.40. The quantitative estimate of drug-likeness (QED) is 0.798. The number of hydrogen-bond acceptors (Lipinski definition) is 4. The number of likely N-dealkylation sites (tertiary alicyclic amines) is 1. The van der Waals surface area contributed by atoms with Crippen LogP contribution >= 0.6 is 0 Å². The molecule has 1 aliphatic carbocycles. The minimum absolute atomic E-state index is 0.167. The second-order valence-corrected chi connectivity index (χ2v) is 6.95. The summed E-state index contributed by atoms with van der Waals surface area (Å²) in [7, 11) is 1.66. The maximum atomic E-state index is 12.1. The van der Waals surface area contributed by atoms with E-state index in [4.69, 9.17) is 4.74 Å². The Kier molecular flexibility index (Phi) is 6.09. The molecule has 2 fully saturated rings. The van der Waals surface area contributed by atoms with Crippen LogP contribution in [0.2, 0.25) is 0 Å². The van der Waals surface area contributed by atoms with Crippen molar-refractivity contribution >= 4 is 11.8 Å². The van der Waals surface area contributed by atoms with E-state index < -0.39 is 0 Å². The number of carbonyl (C=O) groups is 1. The fraction of sp³-hybridized carbons (Fsp3) is 0.765. The molecular formula is C17H29N5O2. The van der Waals surface area contributed by atoms with Gasteiger partial charge in [-0.1, -0.05) is 12.8 Å². The zero-order valence-electron chi connectivity index (χ0n) is 14.5. The summed E-state index contributed by atoms with van der Waals surface area (Å²) < 4.78 is 6.78. The fourth-order valence-corrected chi connectivity index (χ4v) is 3.75. The monoisotopic (exact) mass is 335 g/mol. The molecule has 1 aliphatic heterocycles. The molecule has 2 N–H and O–H groups in total. The molecule has 1 saturated heterocycles. The van der Waals surface area contributed by atoms with E-state index in [0.29, 0.717) is 19.0 Å². The summed E-state index contributed by atoms with van der Waals surface area (Å²) in [5.41, 5.74) is 0. The summed E-state index contributed by atoms with van der Waals surface area (Å²) in [6.45, 7) is 4.54. The Balaban J connectivity index is 1.38. The van der Waals surface area contributed by atoms with Gasteiger partial charge in [-0.15, -0.1) is 0 Å². The molecule has 0 spiro atoms. The number of carbonyl (C=O) groups excluding carboxylic acids is 1. The standard InChI is InChI=1S/C17H29N5O2/c1-24-11-10-22-9-7-16(20-22)19-17(23)18-15-6-8-21(13-15)12-14-4-2-3-5-14/h7,9,14-15H,2-6,8,10-13H2,1H3,(H2,18,19,20,23)/t15-/m0/s1. The lowest BCUT2D eigenvalue weighted by Gasteiger charge is -2.20. The van der Waals surface area contributed by atoms with Crippen LogP contribution in [0.1, 0.15) is 32.1 Å². The van der Waals surface area contributed by atoms with Gasteiger partial charge in [0.05, 0.1) is 13.2 Å². The molecule has 1 atom stereocenters. The number of ether oxygens (including phenoxy) is 1. The lowest BCUT2D eigenvalue weighted by atomic mass is 10.1. The van der Waals surface area contributed by atoms with E-state index in [1.807, 2.05) is 6.20 Å². The summed E-state index contributed by atoms with van der Waals surface area (Å²) >= 11 is 0. The number of hydrogen-bond donors (Lipinski definition) is 2. The molecule has 0 bridgehead atoms. The highest BCUT2D eigenvalue weighted by Crippen LogP contribution is 2.26. The van der Waals surface area contributed by atoms with Crippen molar-refractivity contribution in [2.45, 2.75) is 44.7 Å². The average molecular weight is 335 g/mol. The molecule has 134 valence electrons. The first-order chi connectivity index (χ1) is 11.7. The van der Waals surface area contributed by atoms with Gasteiger partial charge in [-0.05, 0) is 25.2 Å². The van der Waals surface area contributed by atoms with E-state index in [-0.39, 0.29) is 12.1 Å². The lowest BCUT2D eigenvalue weighted by Crippen LogP contribution is -2.40. The second-order valence-electron chi connectivity index (χ2n) is 6.95. The third kappa shape index (κ3) is 4.95. The number of nitrogens with zero attached hydrogens (tertiary/aromatic N) is 3. The van der Waals surface area contributed by atoms with Gasteiger partial charge in [0.15, 0.2) is 5.82 Å². The summed E-state index contributed by atoms with van der Waals surface area (Å²) in [5, 5.41) is 10.2. The third-order valence-corrected chi connectivity index (χ3v) is 5.01. The first-order valence-corrected chi connectivity index (χ1v) is 9.05. The Hall–Kier alpha value is -1.60. The molecular weight excluding hydrogens is 306 g/mol. The molecule has 0 aromatic carbocycles. The lowest BCUT2D eigenvalue weighted by molar-refractivity contribution is 0.183. The van der Waals surface area contributed by atoms with Gasteiger partial charge in [0.2, 0.25) is 0 Å². The van der Waals surface area contributed by atoms with Gasteiger partial charge in [-0.2, -0.15) is 5.10 Å². The molecule has 7 nitrogen and oxygen atoms in total. The molecule has 2 aliphatic rings. The minimum Gasteiger partial charge on any atom is -0.383 e. The van der Waals surface area contributed by atoms with Crippen molar-refractivity contribution in [2.24, 2.45) is 5.92 Å². The van der Waals surface area contributed by atoms with E-state index in [0.717, 1.165) is 25.4 Å². The molecule has 1 aromatic heterocycles. The predicted octanol–water partition coefficient (Wildman–Crippen LogP) is 1.92. The third-order valence-electron chi connectivity index (χ3n) is 5.01. The average Bonchev–Trinajstić information content (AvgIpc) is 3.29. The largest absolute Gasteiger partial charge is 0.383 e. The number of rotatable bonds is 7. The Labute approximate surface area is 143 Å². The highest BCUT2D eigenvalue weighted by molar-refractivity contribution is 5.88. The van der Waals surface area contributed by atoms with Crippen LogP contribution in [0.4, 0.5) is 10.6 Å². The van der Waals surface area contributed by atoms with Gasteiger partial charge in [0.1, 0.15) is 0 Å². The van der Waals surface area contributed by atoms with Crippen LogP contribution in [0, 0.1) is 5.92 Å². The molecule has 3 rings (SSSR count). The Morgan fingerprint density at radius 2 is 2.21 bits per heavy atom. The van der Waals surface area contributed by atoms with E-state index >= 15 is 0 Å². The SMILES string of the molecule is COCCn1ccc(NC(=O)N[C@H]2CCN(CC3CCCC3)C2)n1. The smallest absolute Gasteiger partial charge is 0.320 e. The summed E-state index contributed by atoms with van der Waals surface area (Å²) in [5.74, 6) is 1.44. The predicted molar refractivity (Wildman–Crippen MR) is 93.1 cm³/mol. The number of amides is 2. The van der Waals surface area contributed by atoms with Crippen LogP contribution in [0.3, 0.4) is 0 Å². The Bertz CT molecular complexity index is 527. The van der Waals surface area contributed by atoms with Crippen LogP contribution in [-0.2, 0) is 11.3 Å². The zero-order valence-corrected chi connectivity index (χ0v) is 14.5. The topological polar surface area (TPSA) is 71.4 Å². The molecule has 2 amide bonds. The van der Waals surface area contributed by atoms with Gasteiger partial charge in [0, 0.05) is 45.0 Å². The van der Waals surface area contributed by atoms with Crippen molar-refractivity contribution in [3.05, 3.63) is 12.3 Å². The van der Waals surface area contributed by atoms with E-state index in [1.165, 1.54) is 32.2 Å². The van der Waals surface area contributed by atoms with Gasteiger partial charge < -0.3 is 15.0 Å². The van der Waals surface area contributed by atoms with Gasteiger partial charge in [0.25, 0.3) is 0 Å². The number of methoxy groups -OCH3 is 1. The fourth-order valence-electron chi connectivity index (χ4n) is 3.75. The van der Waals surface area contributed by atoms with Gasteiger partial charge in [-0.3, -0.25) is 10.00 Å². The van der Waals surface area contributed by atoms with E-state index in [1.54, 1.807) is 17.9 Å². The maximum Gasteiger partial charge on any atom is 0.320 e. The van der Waals surface area contributed by atoms with Crippen LogP contribution in [0.15, 0.2) is 12.3 Å². The van der Waals surface area contributed by atoms with E-state index in [2.05, 4.69) is 20.6 Å². The van der Waals surface area contributed by atoms with Crippen molar-refractivity contribution in [1.82, 2.24) is 20.0 Å². The zero-order chi connectivity index (χ0) is 16.8. The van der Waals surface area contributed by atoms with Crippen molar-refractivity contribution < 1.29 is 9.53 Å². The first kappa shape index (κ1) is 17.2. The maximum absolute atomic E-state index is 12.1. The number of anilines is 1.